The second-order valence-corrected chi connectivity index (χ2v) is 11.0. The van der Waals surface area contributed by atoms with Gasteiger partial charge in [0.1, 0.15) is 6.54 Å². The van der Waals surface area contributed by atoms with Crippen molar-refractivity contribution in [3.05, 3.63) is 82.4 Å². The largest absolute Gasteiger partial charge is 0.493 e. The molecule has 0 saturated heterocycles. The Morgan fingerprint density at radius 3 is 2.28 bits per heavy atom. The molecular formula is C27H31ClN2O5S. The number of carbonyl (C=O) groups excluding carboxylic acids is 1. The van der Waals surface area contributed by atoms with Gasteiger partial charge in [0.25, 0.3) is 10.0 Å². The van der Waals surface area contributed by atoms with E-state index in [-0.39, 0.29) is 24.1 Å². The number of methoxy groups -OCH3 is 1. The fraction of sp³-hybridized carbons (Fsp3) is 0.296. The van der Waals surface area contributed by atoms with E-state index in [1.165, 1.54) is 24.3 Å². The van der Waals surface area contributed by atoms with Crippen molar-refractivity contribution in [3.8, 4) is 11.5 Å². The third-order valence-corrected chi connectivity index (χ3v) is 7.59. The molecule has 0 radical (unpaired) electrons. The molecule has 1 N–H and O–H groups in total. The van der Waals surface area contributed by atoms with Crippen molar-refractivity contribution in [2.75, 3.05) is 18.0 Å². The molecule has 36 heavy (non-hydrogen) atoms. The molecule has 0 aliphatic rings. The molecule has 3 aromatic carbocycles. The Labute approximate surface area is 218 Å². The van der Waals surface area contributed by atoms with Gasteiger partial charge in [0.2, 0.25) is 5.91 Å². The minimum absolute atomic E-state index is 0.0107. The van der Waals surface area contributed by atoms with Gasteiger partial charge in [0.15, 0.2) is 11.5 Å². The molecule has 9 heteroatoms. The summed E-state index contributed by atoms with van der Waals surface area (Å²) in [7, 11) is -2.48. The molecule has 0 unspecified atom stereocenters. The summed E-state index contributed by atoms with van der Waals surface area (Å²) < 4.78 is 39.3. The predicted octanol–water partition coefficient (Wildman–Crippen LogP) is 5.26. The van der Waals surface area contributed by atoms with Crippen LogP contribution in [0.15, 0.2) is 65.6 Å². The van der Waals surface area contributed by atoms with Gasteiger partial charge in [-0.1, -0.05) is 23.7 Å². The van der Waals surface area contributed by atoms with E-state index in [1.54, 1.807) is 31.4 Å². The van der Waals surface area contributed by atoms with E-state index in [2.05, 4.69) is 5.32 Å². The summed E-state index contributed by atoms with van der Waals surface area (Å²) in [5.74, 6) is 0.710. The van der Waals surface area contributed by atoms with Gasteiger partial charge in [-0.05, 0) is 92.9 Å². The van der Waals surface area contributed by atoms with Crippen LogP contribution >= 0.6 is 11.6 Å². The van der Waals surface area contributed by atoms with E-state index >= 15 is 0 Å². The smallest absolute Gasteiger partial charge is 0.264 e. The summed E-state index contributed by atoms with van der Waals surface area (Å²) in [5, 5.41) is 3.23. The molecule has 0 saturated carbocycles. The molecule has 7 nitrogen and oxygen atoms in total. The minimum Gasteiger partial charge on any atom is -0.493 e. The Hall–Kier alpha value is -3.23. The zero-order chi connectivity index (χ0) is 26.5. The lowest BCUT2D eigenvalue weighted by Crippen LogP contribution is -2.40. The Balaban J connectivity index is 1.83. The number of ether oxygens (including phenoxy) is 2. The number of aryl methyl sites for hydroxylation is 2. The van der Waals surface area contributed by atoms with Crippen molar-refractivity contribution < 1.29 is 22.7 Å². The van der Waals surface area contributed by atoms with Gasteiger partial charge in [0.05, 0.1) is 23.8 Å². The highest BCUT2D eigenvalue weighted by Crippen LogP contribution is 2.29. The van der Waals surface area contributed by atoms with Crippen molar-refractivity contribution in [2.45, 2.75) is 45.2 Å². The van der Waals surface area contributed by atoms with Crippen LogP contribution in [0.1, 0.15) is 30.5 Å². The lowest BCUT2D eigenvalue weighted by Gasteiger charge is -2.25. The standard InChI is InChI=1S/C27H31ClN2O5S/c1-18(2)35-25-13-7-21(15-26(25)34-5)16-29-27(31)17-30(23-10-6-19(3)20(4)14-23)36(32,33)24-11-8-22(28)9-12-24/h6-15,18H,16-17H2,1-5H3,(H,29,31). The third kappa shape index (κ3) is 6.71. The number of sulfonamides is 1. The lowest BCUT2D eigenvalue weighted by atomic mass is 10.1. The maximum absolute atomic E-state index is 13.5. The zero-order valence-corrected chi connectivity index (χ0v) is 22.6. The molecule has 192 valence electrons. The highest BCUT2D eigenvalue weighted by atomic mass is 35.5. The molecule has 3 rings (SSSR count). The first-order valence-electron chi connectivity index (χ1n) is 11.5. The van der Waals surface area contributed by atoms with Crippen LogP contribution in [0.5, 0.6) is 11.5 Å². The van der Waals surface area contributed by atoms with E-state index in [0.717, 1.165) is 21.0 Å². The van der Waals surface area contributed by atoms with Crippen LogP contribution in [0.25, 0.3) is 0 Å². The van der Waals surface area contributed by atoms with Gasteiger partial charge in [-0.15, -0.1) is 0 Å². The van der Waals surface area contributed by atoms with Gasteiger partial charge in [0, 0.05) is 11.6 Å². The van der Waals surface area contributed by atoms with E-state index in [4.69, 9.17) is 21.1 Å². The number of nitrogens with one attached hydrogen (secondary N) is 1. The van der Waals surface area contributed by atoms with Gasteiger partial charge >= 0.3 is 0 Å². The zero-order valence-electron chi connectivity index (χ0n) is 21.0. The van der Waals surface area contributed by atoms with E-state index in [9.17, 15) is 13.2 Å². The molecule has 0 fully saturated rings. The van der Waals surface area contributed by atoms with Gasteiger partial charge < -0.3 is 14.8 Å². The van der Waals surface area contributed by atoms with Crippen molar-refractivity contribution in [2.24, 2.45) is 0 Å². The van der Waals surface area contributed by atoms with E-state index in [0.29, 0.717) is 22.2 Å². The number of nitrogens with zero attached hydrogens (tertiary/aromatic N) is 1. The van der Waals surface area contributed by atoms with Gasteiger partial charge in [-0.25, -0.2) is 8.42 Å². The monoisotopic (exact) mass is 530 g/mol. The van der Waals surface area contributed by atoms with Crippen LogP contribution in [0, 0.1) is 13.8 Å². The first kappa shape index (κ1) is 27.4. The number of hydrogen-bond acceptors (Lipinski definition) is 5. The minimum atomic E-state index is -4.03. The molecule has 0 aromatic heterocycles. The van der Waals surface area contributed by atoms with Crippen LogP contribution in [0.3, 0.4) is 0 Å². The average Bonchev–Trinajstić information content (AvgIpc) is 2.83. The number of anilines is 1. The normalized spacial score (nSPS) is 11.3. The first-order chi connectivity index (χ1) is 17.0. The average molecular weight is 531 g/mol. The molecular weight excluding hydrogens is 500 g/mol. The van der Waals surface area contributed by atoms with Crippen LogP contribution in [0.2, 0.25) is 5.02 Å². The lowest BCUT2D eigenvalue weighted by molar-refractivity contribution is -0.119. The first-order valence-corrected chi connectivity index (χ1v) is 13.3. The van der Waals surface area contributed by atoms with Crippen LogP contribution < -0.4 is 19.1 Å². The summed E-state index contributed by atoms with van der Waals surface area (Å²) in [6.45, 7) is 7.49. The van der Waals surface area contributed by atoms with E-state index in [1.807, 2.05) is 39.8 Å². The molecule has 0 bridgehead atoms. The van der Waals surface area contributed by atoms with Gasteiger partial charge in [-0.2, -0.15) is 0 Å². The molecule has 1 amide bonds. The Morgan fingerprint density at radius 2 is 1.67 bits per heavy atom. The molecule has 0 atom stereocenters. The number of hydrogen-bond donors (Lipinski definition) is 1. The number of benzene rings is 3. The fourth-order valence-corrected chi connectivity index (χ4v) is 5.03. The Morgan fingerprint density at radius 1 is 0.972 bits per heavy atom. The highest BCUT2D eigenvalue weighted by molar-refractivity contribution is 7.92. The summed E-state index contributed by atoms with van der Waals surface area (Å²) in [6.07, 6.45) is -0.0107. The van der Waals surface area contributed by atoms with Crippen molar-refractivity contribution >= 4 is 33.2 Å². The molecule has 0 aliphatic carbocycles. The third-order valence-electron chi connectivity index (χ3n) is 5.55. The fourth-order valence-electron chi connectivity index (χ4n) is 3.49. The Bertz CT molecular complexity index is 1320. The van der Waals surface area contributed by atoms with Crippen molar-refractivity contribution in [1.82, 2.24) is 5.32 Å². The number of amides is 1. The topological polar surface area (TPSA) is 84.9 Å². The molecule has 0 spiro atoms. The maximum atomic E-state index is 13.5. The van der Waals surface area contributed by atoms with Crippen molar-refractivity contribution in [1.29, 1.82) is 0 Å². The van der Waals surface area contributed by atoms with Gasteiger partial charge in [-0.3, -0.25) is 9.10 Å². The maximum Gasteiger partial charge on any atom is 0.264 e. The Kier molecular flexibility index (Phi) is 8.87. The molecule has 0 aliphatic heterocycles. The second kappa shape index (κ2) is 11.7. The van der Waals surface area contributed by atoms with Crippen LogP contribution in [-0.4, -0.2) is 34.1 Å². The SMILES string of the molecule is COc1cc(CNC(=O)CN(c2ccc(C)c(C)c2)S(=O)(=O)c2ccc(Cl)cc2)ccc1OC(C)C. The predicted molar refractivity (Wildman–Crippen MR) is 143 cm³/mol. The highest BCUT2D eigenvalue weighted by Gasteiger charge is 2.27. The number of halogens is 1. The number of rotatable bonds is 10. The van der Waals surface area contributed by atoms with E-state index < -0.39 is 15.9 Å². The van der Waals surface area contributed by atoms with Crippen LogP contribution in [0.4, 0.5) is 5.69 Å². The quantitative estimate of drug-likeness (QED) is 0.386. The second-order valence-electron chi connectivity index (χ2n) is 8.66. The summed E-state index contributed by atoms with van der Waals surface area (Å²) in [5.41, 5.74) is 3.13. The summed E-state index contributed by atoms with van der Waals surface area (Å²) in [4.78, 5) is 13.0. The van der Waals surface area contributed by atoms with Crippen molar-refractivity contribution in [3.63, 3.8) is 0 Å². The molecule has 0 heterocycles. The molecule has 3 aromatic rings. The summed E-state index contributed by atoms with van der Waals surface area (Å²) in [6, 6.07) is 16.5. The number of carbonyl (C=O) groups is 1. The van der Waals surface area contributed by atoms with Crippen LogP contribution in [-0.2, 0) is 21.4 Å². The summed E-state index contributed by atoms with van der Waals surface area (Å²) >= 11 is 5.95.